The highest BCUT2D eigenvalue weighted by atomic mass is 19.1. The van der Waals surface area contributed by atoms with E-state index in [9.17, 15) is 14.0 Å². The summed E-state index contributed by atoms with van der Waals surface area (Å²) in [7, 11) is 1.78. The van der Waals surface area contributed by atoms with E-state index in [1.807, 2.05) is 6.92 Å². The average Bonchev–Trinajstić information content (AvgIpc) is 2.86. The molecule has 0 aliphatic heterocycles. The van der Waals surface area contributed by atoms with Crippen molar-refractivity contribution in [2.24, 2.45) is 7.05 Å². The predicted molar refractivity (Wildman–Crippen MR) is 85.1 cm³/mol. The van der Waals surface area contributed by atoms with Crippen molar-refractivity contribution in [1.29, 1.82) is 0 Å². The fraction of sp³-hybridized carbons (Fsp3) is 0.188. The molecular formula is C16H15FN4O2. The van der Waals surface area contributed by atoms with Gasteiger partial charge in [-0.1, -0.05) is 6.92 Å². The number of aromatic amines is 1. The van der Waals surface area contributed by atoms with Crippen LogP contribution < -0.4 is 10.9 Å². The number of nitrogens with one attached hydrogen (secondary N) is 2. The fourth-order valence-electron chi connectivity index (χ4n) is 2.52. The Morgan fingerprint density at radius 2 is 2.17 bits per heavy atom. The zero-order valence-corrected chi connectivity index (χ0v) is 12.7. The summed E-state index contributed by atoms with van der Waals surface area (Å²) in [6.07, 6.45) is 2.22. The standard InChI is InChI=1S/C16H15FN4O2/c1-3-14-13(8-18-21(14)2)20-16(23)11-7-9-6-10(17)4-5-12(9)19-15(11)22/h4-8H,3H2,1-2H3,(H,19,22)(H,20,23). The third-order valence-corrected chi connectivity index (χ3v) is 3.70. The summed E-state index contributed by atoms with van der Waals surface area (Å²) in [5.41, 5.74) is 1.28. The normalized spacial score (nSPS) is 10.9. The summed E-state index contributed by atoms with van der Waals surface area (Å²) in [5.74, 6) is -0.989. The number of halogens is 1. The molecule has 0 aliphatic rings. The second-order valence-electron chi connectivity index (χ2n) is 5.18. The van der Waals surface area contributed by atoms with Crippen LogP contribution in [0.25, 0.3) is 10.9 Å². The average molecular weight is 314 g/mol. The van der Waals surface area contributed by atoms with Crippen molar-refractivity contribution in [2.75, 3.05) is 5.32 Å². The second kappa shape index (κ2) is 5.68. The van der Waals surface area contributed by atoms with Crippen molar-refractivity contribution in [3.8, 4) is 0 Å². The molecule has 3 rings (SSSR count). The Kier molecular flexibility index (Phi) is 3.69. The monoisotopic (exact) mass is 314 g/mol. The molecule has 6 nitrogen and oxygen atoms in total. The molecule has 0 spiro atoms. The molecule has 0 atom stereocenters. The van der Waals surface area contributed by atoms with Gasteiger partial charge in [0.05, 0.1) is 17.6 Å². The molecule has 2 N–H and O–H groups in total. The lowest BCUT2D eigenvalue weighted by Gasteiger charge is -2.07. The van der Waals surface area contributed by atoms with Crippen molar-refractivity contribution >= 4 is 22.5 Å². The van der Waals surface area contributed by atoms with E-state index in [1.54, 1.807) is 11.7 Å². The summed E-state index contributed by atoms with van der Waals surface area (Å²) < 4.78 is 15.0. The van der Waals surface area contributed by atoms with Gasteiger partial charge in [-0.05, 0) is 30.7 Å². The van der Waals surface area contributed by atoms with Gasteiger partial charge in [0.2, 0.25) is 0 Å². The van der Waals surface area contributed by atoms with Crippen molar-refractivity contribution < 1.29 is 9.18 Å². The van der Waals surface area contributed by atoms with Crippen LogP contribution in [0.2, 0.25) is 0 Å². The van der Waals surface area contributed by atoms with E-state index in [-0.39, 0.29) is 5.56 Å². The van der Waals surface area contributed by atoms with Crippen LogP contribution in [0.15, 0.2) is 35.3 Å². The van der Waals surface area contributed by atoms with E-state index in [0.29, 0.717) is 23.0 Å². The Labute approximate surface area is 130 Å². The van der Waals surface area contributed by atoms with Crippen LogP contribution in [0.5, 0.6) is 0 Å². The zero-order valence-electron chi connectivity index (χ0n) is 12.7. The maximum Gasteiger partial charge on any atom is 0.261 e. The number of benzene rings is 1. The molecule has 1 amide bonds. The largest absolute Gasteiger partial charge is 0.321 e. The molecule has 118 valence electrons. The van der Waals surface area contributed by atoms with Crippen molar-refractivity contribution in [3.63, 3.8) is 0 Å². The number of rotatable bonds is 3. The third kappa shape index (κ3) is 2.73. The van der Waals surface area contributed by atoms with Gasteiger partial charge in [0.1, 0.15) is 11.4 Å². The van der Waals surface area contributed by atoms with Crippen LogP contribution in [0.4, 0.5) is 10.1 Å². The van der Waals surface area contributed by atoms with Gasteiger partial charge in [0, 0.05) is 18.0 Å². The molecule has 3 aromatic rings. The molecule has 7 heteroatoms. The first-order valence-corrected chi connectivity index (χ1v) is 7.14. The van der Waals surface area contributed by atoms with Crippen molar-refractivity contribution in [3.05, 3.63) is 57.9 Å². The van der Waals surface area contributed by atoms with Crippen LogP contribution in [0, 0.1) is 5.82 Å². The lowest BCUT2D eigenvalue weighted by atomic mass is 10.1. The minimum Gasteiger partial charge on any atom is -0.321 e. The minimum atomic E-state index is -0.555. The van der Waals surface area contributed by atoms with Gasteiger partial charge < -0.3 is 10.3 Å². The summed E-state index contributed by atoms with van der Waals surface area (Å²) in [4.78, 5) is 27.0. The smallest absolute Gasteiger partial charge is 0.261 e. The van der Waals surface area contributed by atoms with E-state index in [2.05, 4.69) is 15.4 Å². The third-order valence-electron chi connectivity index (χ3n) is 3.70. The SMILES string of the molecule is CCc1c(NC(=O)c2cc3cc(F)ccc3[nH]c2=O)cnn1C. The number of amides is 1. The molecule has 0 aliphatic carbocycles. The number of nitrogens with zero attached hydrogens (tertiary/aromatic N) is 2. The first-order chi connectivity index (χ1) is 11.0. The van der Waals surface area contributed by atoms with E-state index in [1.165, 1.54) is 30.5 Å². The van der Waals surface area contributed by atoms with E-state index >= 15 is 0 Å². The van der Waals surface area contributed by atoms with Crippen LogP contribution in [0.1, 0.15) is 23.0 Å². The molecule has 1 aromatic carbocycles. The molecule has 0 radical (unpaired) electrons. The summed E-state index contributed by atoms with van der Waals surface area (Å²) in [6.45, 7) is 1.94. The molecule has 23 heavy (non-hydrogen) atoms. The summed E-state index contributed by atoms with van der Waals surface area (Å²) >= 11 is 0. The number of H-pyrrole nitrogens is 1. The Hall–Kier alpha value is -2.96. The molecule has 0 bridgehead atoms. The van der Waals surface area contributed by atoms with E-state index in [0.717, 1.165) is 5.69 Å². The van der Waals surface area contributed by atoms with E-state index < -0.39 is 17.3 Å². The second-order valence-corrected chi connectivity index (χ2v) is 5.18. The number of aryl methyl sites for hydroxylation is 1. The molecular weight excluding hydrogens is 299 g/mol. The lowest BCUT2D eigenvalue weighted by molar-refractivity contribution is 0.102. The number of fused-ring (bicyclic) bond motifs is 1. The Bertz CT molecular complexity index is 958. The molecule has 0 unspecified atom stereocenters. The first kappa shape index (κ1) is 15.0. The van der Waals surface area contributed by atoms with Crippen molar-refractivity contribution in [2.45, 2.75) is 13.3 Å². The van der Waals surface area contributed by atoms with Gasteiger partial charge in [-0.15, -0.1) is 0 Å². The van der Waals surface area contributed by atoms with E-state index in [4.69, 9.17) is 0 Å². The van der Waals surface area contributed by atoms with Gasteiger partial charge in [0.25, 0.3) is 11.5 Å². The number of anilines is 1. The number of hydrogen-bond acceptors (Lipinski definition) is 3. The highest BCUT2D eigenvalue weighted by Crippen LogP contribution is 2.17. The van der Waals surface area contributed by atoms with Crippen LogP contribution in [-0.2, 0) is 13.5 Å². The van der Waals surface area contributed by atoms with Gasteiger partial charge in [0.15, 0.2) is 0 Å². The molecule has 2 aromatic heterocycles. The van der Waals surface area contributed by atoms with Gasteiger partial charge >= 0.3 is 0 Å². The minimum absolute atomic E-state index is 0.0750. The Balaban J connectivity index is 2.00. The van der Waals surface area contributed by atoms with Crippen LogP contribution >= 0.6 is 0 Å². The van der Waals surface area contributed by atoms with Crippen LogP contribution in [-0.4, -0.2) is 20.7 Å². The van der Waals surface area contributed by atoms with Gasteiger partial charge in [-0.2, -0.15) is 5.10 Å². The molecule has 0 saturated heterocycles. The fourth-order valence-corrected chi connectivity index (χ4v) is 2.52. The Morgan fingerprint density at radius 1 is 1.39 bits per heavy atom. The van der Waals surface area contributed by atoms with Crippen molar-refractivity contribution in [1.82, 2.24) is 14.8 Å². The zero-order chi connectivity index (χ0) is 16.6. The topological polar surface area (TPSA) is 79.8 Å². The summed E-state index contributed by atoms with van der Waals surface area (Å²) in [6, 6.07) is 5.36. The number of carbonyl (C=O) groups is 1. The predicted octanol–water partition coefficient (Wildman–Crippen LogP) is 2.22. The van der Waals surface area contributed by atoms with Crippen LogP contribution in [0.3, 0.4) is 0 Å². The maximum absolute atomic E-state index is 13.3. The Morgan fingerprint density at radius 3 is 2.91 bits per heavy atom. The molecule has 2 heterocycles. The lowest BCUT2D eigenvalue weighted by Crippen LogP contribution is -2.23. The molecule has 0 saturated carbocycles. The number of aromatic nitrogens is 3. The molecule has 0 fully saturated rings. The highest BCUT2D eigenvalue weighted by Gasteiger charge is 2.15. The first-order valence-electron chi connectivity index (χ1n) is 7.14. The number of hydrogen-bond donors (Lipinski definition) is 2. The quantitative estimate of drug-likeness (QED) is 0.778. The summed E-state index contributed by atoms with van der Waals surface area (Å²) in [5, 5.41) is 7.22. The maximum atomic E-state index is 13.3. The van der Waals surface area contributed by atoms with Gasteiger partial charge in [-0.3, -0.25) is 14.3 Å². The number of pyridine rings is 1. The highest BCUT2D eigenvalue weighted by molar-refractivity contribution is 6.05. The number of carbonyl (C=O) groups excluding carboxylic acids is 1. The van der Waals surface area contributed by atoms with Gasteiger partial charge in [-0.25, -0.2) is 4.39 Å².